The normalized spacial score (nSPS) is 16.1. The van der Waals surface area contributed by atoms with Gasteiger partial charge in [0.25, 0.3) is 0 Å². The van der Waals surface area contributed by atoms with Crippen molar-refractivity contribution in [3.8, 4) is 5.75 Å². The fraction of sp³-hybridized carbons (Fsp3) is 0.286. The Balaban J connectivity index is 1.50. The third-order valence-corrected chi connectivity index (χ3v) is 4.80. The molecule has 1 atom stereocenters. The number of ether oxygens (including phenoxy) is 3. The van der Waals surface area contributed by atoms with Crippen LogP contribution in [0.25, 0.3) is 0 Å². The third kappa shape index (κ3) is 4.07. The van der Waals surface area contributed by atoms with E-state index in [2.05, 4.69) is 15.2 Å². The highest BCUT2D eigenvalue weighted by Gasteiger charge is 2.29. The molecule has 1 saturated heterocycles. The van der Waals surface area contributed by atoms with Crippen molar-refractivity contribution in [3.05, 3.63) is 71.5 Å². The van der Waals surface area contributed by atoms with E-state index < -0.39 is 0 Å². The van der Waals surface area contributed by atoms with Crippen LogP contribution in [0.4, 0.5) is 5.69 Å². The number of hydrogen-bond donors (Lipinski definition) is 0. The van der Waals surface area contributed by atoms with Gasteiger partial charge in [-0.05, 0) is 42.0 Å². The molecule has 3 aromatic rings. The average Bonchev–Trinajstić information content (AvgIpc) is 3.43. The van der Waals surface area contributed by atoms with Gasteiger partial charge in [-0.25, -0.2) is 9.48 Å². The van der Waals surface area contributed by atoms with E-state index in [1.807, 2.05) is 42.6 Å². The Morgan fingerprint density at radius 1 is 1.21 bits per heavy atom. The number of anilines is 1. The first kappa shape index (κ1) is 18.9. The number of rotatable bonds is 6. The molecular weight excluding hydrogens is 372 g/mol. The molecule has 0 aliphatic carbocycles. The van der Waals surface area contributed by atoms with Crippen LogP contribution in [-0.4, -0.2) is 48.3 Å². The van der Waals surface area contributed by atoms with Crippen molar-refractivity contribution in [2.45, 2.75) is 12.8 Å². The number of benzene rings is 2. The summed E-state index contributed by atoms with van der Waals surface area (Å²) in [6, 6.07) is 15.1. The quantitative estimate of drug-likeness (QED) is 0.595. The van der Waals surface area contributed by atoms with Crippen molar-refractivity contribution in [1.29, 1.82) is 0 Å². The van der Waals surface area contributed by atoms with Gasteiger partial charge in [-0.2, -0.15) is 0 Å². The van der Waals surface area contributed by atoms with Gasteiger partial charge in [-0.3, -0.25) is 0 Å². The van der Waals surface area contributed by atoms with Gasteiger partial charge in [0.15, 0.2) is 6.23 Å². The summed E-state index contributed by atoms with van der Waals surface area (Å²) < 4.78 is 17.7. The van der Waals surface area contributed by atoms with Crippen LogP contribution in [0.3, 0.4) is 0 Å². The number of hydrogen-bond acceptors (Lipinski definition) is 7. The first-order valence-corrected chi connectivity index (χ1v) is 9.27. The molecule has 1 aromatic heterocycles. The summed E-state index contributed by atoms with van der Waals surface area (Å²) in [6.07, 6.45) is 1.58. The minimum Gasteiger partial charge on any atom is -0.497 e. The molecule has 1 fully saturated rings. The van der Waals surface area contributed by atoms with Crippen LogP contribution in [0.5, 0.6) is 5.75 Å². The van der Waals surface area contributed by atoms with Gasteiger partial charge >= 0.3 is 5.97 Å². The third-order valence-electron chi connectivity index (χ3n) is 4.80. The van der Waals surface area contributed by atoms with E-state index in [0.717, 1.165) is 29.2 Å². The van der Waals surface area contributed by atoms with E-state index >= 15 is 0 Å². The van der Waals surface area contributed by atoms with Gasteiger partial charge in [0, 0.05) is 12.2 Å². The highest BCUT2D eigenvalue weighted by Crippen LogP contribution is 2.32. The van der Waals surface area contributed by atoms with E-state index in [0.29, 0.717) is 18.7 Å². The zero-order chi connectivity index (χ0) is 20.2. The van der Waals surface area contributed by atoms with Crippen LogP contribution >= 0.6 is 0 Å². The van der Waals surface area contributed by atoms with Gasteiger partial charge in [0.1, 0.15) is 11.4 Å². The zero-order valence-electron chi connectivity index (χ0n) is 16.3. The lowest BCUT2D eigenvalue weighted by Gasteiger charge is -2.23. The standard InChI is InChI=1S/C21H22N4O4/c1-27-18-8-6-17(7-9-18)25-10-11-29-20(25)19-14-24(23-22-19)13-15-4-3-5-16(12-15)21(26)28-2/h3-9,12,14,20H,10-11,13H2,1-2H3/t20-/m1/s1. The topological polar surface area (TPSA) is 78.7 Å². The van der Waals surface area contributed by atoms with Crippen LogP contribution in [0.2, 0.25) is 0 Å². The summed E-state index contributed by atoms with van der Waals surface area (Å²) in [4.78, 5) is 13.9. The lowest BCUT2D eigenvalue weighted by atomic mass is 10.1. The molecule has 1 aliphatic rings. The Morgan fingerprint density at radius 3 is 2.79 bits per heavy atom. The van der Waals surface area contributed by atoms with Gasteiger partial charge in [-0.15, -0.1) is 5.10 Å². The highest BCUT2D eigenvalue weighted by molar-refractivity contribution is 5.89. The van der Waals surface area contributed by atoms with E-state index in [-0.39, 0.29) is 12.2 Å². The molecule has 2 heterocycles. The van der Waals surface area contributed by atoms with Crippen molar-refractivity contribution in [2.24, 2.45) is 0 Å². The Kier molecular flexibility index (Phi) is 5.44. The van der Waals surface area contributed by atoms with Crippen molar-refractivity contribution in [3.63, 3.8) is 0 Å². The number of aromatic nitrogens is 3. The molecule has 0 N–H and O–H groups in total. The van der Waals surface area contributed by atoms with Crippen molar-refractivity contribution < 1.29 is 19.0 Å². The van der Waals surface area contributed by atoms with Gasteiger partial charge in [0.2, 0.25) is 0 Å². The van der Waals surface area contributed by atoms with Gasteiger partial charge < -0.3 is 19.1 Å². The number of carbonyl (C=O) groups is 1. The molecule has 0 amide bonds. The van der Waals surface area contributed by atoms with Crippen molar-refractivity contribution >= 4 is 11.7 Å². The Labute approximate surface area is 168 Å². The summed E-state index contributed by atoms with van der Waals surface area (Å²) in [5.74, 6) is 0.450. The predicted octanol–water partition coefficient (Wildman–Crippen LogP) is 2.66. The molecule has 0 spiro atoms. The van der Waals surface area contributed by atoms with Crippen LogP contribution in [-0.2, 0) is 16.0 Å². The van der Waals surface area contributed by atoms with E-state index in [4.69, 9.17) is 14.2 Å². The maximum atomic E-state index is 11.7. The molecule has 1 aliphatic heterocycles. The lowest BCUT2D eigenvalue weighted by molar-refractivity contribution is 0.0600. The summed E-state index contributed by atoms with van der Waals surface area (Å²) in [5, 5.41) is 8.54. The summed E-state index contributed by atoms with van der Waals surface area (Å²) >= 11 is 0. The minimum absolute atomic E-state index is 0.293. The number of nitrogens with zero attached hydrogens (tertiary/aromatic N) is 4. The molecule has 29 heavy (non-hydrogen) atoms. The fourth-order valence-corrected chi connectivity index (χ4v) is 3.36. The molecule has 0 radical (unpaired) electrons. The molecule has 8 heteroatoms. The Morgan fingerprint density at radius 2 is 2.03 bits per heavy atom. The summed E-state index contributed by atoms with van der Waals surface area (Å²) in [7, 11) is 3.02. The van der Waals surface area contributed by atoms with Crippen molar-refractivity contribution in [2.75, 3.05) is 32.3 Å². The zero-order valence-corrected chi connectivity index (χ0v) is 16.3. The Bertz CT molecular complexity index is 986. The minimum atomic E-state index is -0.361. The molecule has 0 bridgehead atoms. The number of carbonyl (C=O) groups excluding carboxylic acids is 1. The molecule has 150 valence electrons. The predicted molar refractivity (Wildman–Crippen MR) is 106 cm³/mol. The second kappa shape index (κ2) is 8.32. The molecule has 8 nitrogen and oxygen atoms in total. The summed E-state index contributed by atoms with van der Waals surface area (Å²) in [5.41, 5.74) is 3.22. The monoisotopic (exact) mass is 394 g/mol. The first-order chi connectivity index (χ1) is 14.2. The fourth-order valence-electron chi connectivity index (χ4n) is 3.36. The van der Waals surface area contributed by atoms with Crippen LogP contribution in [0.1, 0.15) is 27.8 Å². The molecule has 0 unspecified atom stereocenters. The van der Waals surface area contributed by atoms with Gasteiger partial charge in [-0.1, -0.05) is 17.3 Å². The molecule has 0 saturated carbocycles. The highest BCUT2D eigenvalue weighted by atomic mass is 16.5. The van der Waals surface area contributed by atoms with Crippen LogP contribution < -0.4 is 9.64 Å². The Hall–Kier alpha value is -3.39. The van der Waals surface area contributed by atoms with Crippen LogP contribution in [0.15, 0.2) is 54.7 Å². The number of methoxy groups -OCH3 is 2. The maximum absolute atomic E-state index is 11.7. The average molecular weight is 394 g/mol. The molecular formula is C21H22N4O4. The van der Waals surface area contributed by atoms with E-state index in [1.165, 1.54) is 7.11 Å². The van der Waals surface area contributed by atoms with Crippen LogP contribution in [0, 0.1) is 0 Å². The maximum Gasteiger partial charge on any atom is 0.337 e. The van der Waals surface area contributed by atoms with E-state index in [9.17, 15) is 4.79 Å². The molecule has 4 rings (SSSR count). The first-order valence-electron chi connectivity index (χ1n) is 9.27. The second-order valence-electron chi connectivity index (χ2n) is 6.65. The van der Waals surface area contributed by atoms with Gasteiger partial charge in [0.05, 0.1) is 39.1 Å². The molecule has 2 aromatic carbocycles. The smallest absolute Gasteiger partial charge is 0.337 e. The van der Waals surface area contributed by atoms with E-state index in [1.54, 1.807) is 23.9 Å². The van der Waals surface area contributed by atoms with Crippen molar-refractivity contribution in [1.82, 2.24) is 15.0 Å². The lowest BCUT2D eigenvalue weighted by Crippen LogP contribution is -2.23. The SMILES string of the molecule is COC(=O)c1cccc(Cn2cc([C@H]3OCCN3c3ccc(OC)cc3)nn2)c1. The largest absolute Gasteiger partial charge is 0.497 e. The number of esters is 1. The summed E-state index contributed by atoms with van der Waals surface area (Å²) in [6.45, 7) is 1.88. The second-order valence-corrected chi connectivity index (χ2v) is 6.65.